The number of nitrogens with zero attached hydrogens (tertiary/aromatic N) is 2. The van der Waals surface area contributed by atoms with Crippen LogP contribution in [0.2, 0.25) is 5.02 Å². The molecule has 0 saturated carbocycles. The van der Waals surface area contributed by atoms with E-state index in [4.69, 9.17) is 11.6 Å². The standard InChI is InChI=1S/C28H26ClF3N2O3/c29-22-9-7-19(8-10-22)27(37)25-6-1-3-20(17-26(35)36)24(25)11-12-33-13-15-34(16-14-33)23-5-2-4-21(18-23)28(30,31)32/h1-10,18H,11-17H2,(H,35,36). The number of carbonyl (C=O) groups is 2. The van der Waals surface area contributed by atoms with Crippen molar-refractivity contribution in [1.82, 2.24) is 4.90 Å². The van der Waals surface area contributed by atoms with Crippen molar-refractivity contribution in [1.29, 1.82) is 0 Å². The molecule has 37 heavy (non-hydrogen) atoms. The van der Waals surface area contributed by atoms with E-state index in [9.17, 15) is 27.9 Å². The predicted octanol–water partition coefficient (Wildman–Crippen LogP) is 5.58. The van der Waals surface area contributed by atoms with E-state index in [1.54, 1.807) is 48.5 Å². The topological polar surface area (TPSA) is 60.9 Å². The molecule has 1 fully saturated rings. The zero-order valence-corrected chi connectivity index (χ0v) is 20.7. The van der Waals surface area contributed by atoms with Crippen molar-refractivity contribution in [2.75, 3.05) is 37.6 Å². The van der Waals surface area contributed by atoms with E-state index in [0.717, 1.165) is 6.07 Å². The number of carboxylic acid groups (broad SMARTS) is 1. The van der Waals surface area contributed by atoms with Gasteiger partial charge in [0.05, 0.1) is 12.0 Å². The summed E-state index contributed by atoms with van der Waals surface area (Å²) < 4.78 is 39.3. The Morgan fingerprint density at radius 3 is 2.24 bits per heavy atom. The third-order valence-corrected chi connectivity index (χ3v) is 6.81. The lowest BCUT2D eigenvalue weighted by Crippen LogP contribution is -2.47. The number of carbonyl (C=O) groups excluding carboxylic acids is 1. The number of carboxylic acids is 1. The van der Waals surface area contributed by atoms with E-state index in [2.05, 4.69) is 4.90 Å². The summed E-state index contributed by atoms with van der Waals surface area (Å²) in [5, 5.41) is 9.92. The zero-order chi connectivity index (χ0) is 26.6. The number of aliphatic carboxylic acids is 1. The fraction of sp³-hybridized carbons (Fsp3) is 0.286. The molecule has 3 aromatic carbocycles. The average molecular weight is 531 g/mol. The molecule has 0 aliphatic carbocycles. The quantitative estimate of drug-likeness (QED) is 0.385. The van der Waals surface area contributed by atoms with Crippen LogP contribution < -0.4 is 4.90 Å². The van der Waals surface area contributed by atoms with Crippen LogP contribution >= 0.6 is 11.6 Å². The Kier molecular flexibility index (Phi) is 8.19. The largest absolute Gasteiger partial charge is 0.481 e. The molecule has 1 aliphatic rings. The van der Waals surface area contributed by atoms with E-state index < -0.39 is 17.7 Å². The Balaban J connectivity index is 1.47. The van der Waals surface area contributed by atoms with Gasteiger partial charge in [-0.2, -0.15) is 13.2 Å². The monoisotopic (exact) mass is 530 g/mol. The van der Waals surface area contributed by atoms with Crippen LogP contribution in [0.15, 0.2) is 66.7 Å². The second-order valence-corrected chi connectivity index (χ2v) is 9.41. The van der Waals surface area contributed by atoms with Crippen LogP contribution in [0.1, 0.15) is 32.6 Å². The molecule has 9 heteroatoms. The van der Waals surface area contributed by atoms with Gasteiger partial charge < -0.3 is 10.0 Å². The lowest BCUT2D eigenvalue weighted by molar-refractivity contribution is -0.138. The van der Waals surface area contributed by atoms with Gasteiger partial charge in [-0.3, -0.25) is 14.5 Å². The van der Waals surface area contributed by atoms with Crippen LogP contribution in [0.4, 0.5) is 18.9 Å². The van der Waals surface area contributed by atoms with Crippen molar-refractivity contribution < 1.29 is 27.9 Å². The molecule has 0 amide bonds. The number of alkyl halides is 3. The summed E-state index contributed by atoms with van der Waals surface area (Å²) in [7, 11) is 0. The summed E-state index contributed by atoms with van der Waals surface area (Å²) in [6.07, 6.45) is -4.11. The first-order chi connectivity index (χ1) is 17.6. The van der Waals surface area contributed by atoms with Crippen LogP contribution in [0.5, 0.6) is 0 Å². The Morgan fingerprint density at radius 1 is 0.919 bits per heavy atom. The van der Waals surface area contributed by atoms with Gasteiger partial charge in [0.15, 0.2) is 5.78 Å². The number of halogens is 4. The molecule has 194 valence electrons. The lowest BCUT2D eigenvalue weighted by atomic mass is 9.91. The van der Waals surface area contributed by atoms with Gasteiger partial charge in [-0.15, -0.1) is 0 Å². The Morgan fingerprint density at radius 2 is 1.59 bits per heavy atom. The number of piperazine rings is 1. The van der Waals surface area contributed by atoms with Gasteiger partial charge in [-0.1, -0.05) is 35.9 Å². The average Bonchev–Trinajstić information content (AvgIpc) is 2.87. The number of hydrogen-bond acceptors (Lipinski definition) is 4. The first kappa shape index (κ1) is 26.7. The van der Waals surface area contributed by atoms with E-state index in [-0.39, 0.29) is 12.2 Å². The molecule has 3 aromatic rings. The summed E-state index contributed by atoms with van der Waals surface area (Å²) in [4.78, 5) is 28.9. The number of rotatable bonds is 8. The van der Waals surface area contributed by atoms with Crippen LogP contribution in [-0.4, -0.2) is 54.5 Å². The van der Waals surface area contributed by atoms with Crippen molar-refractivity contribution in [3.05, 3.63) is 99.6 Å². The normalized spacial score (nSPS) is 14.5. The second-order valence-electron chi connectivity index (χ2n) is 8.98. The number of hydrogen-bond donors (Lipinski definition) is 1. The highest BCUT2D eigenvalue weighted by molar-refractivity contribution is 6.30. The van der Waals surface area contributed by atoms with E-state index >= 15 is 0 Å². The number of anilines is 1. The summed E-state index contributed by atoms with van der Waals surface area (Å²) in [6.45, 7) is 2.99. The van der Waals surface area contributed by atoms with E-state index in [1.165, 1.54) is 12.1 Å². The highest BCUT2D eigenvalue weighted by atomic mass is 35.5. The van der Waals surface area contributed by atoms with Gasteiger partial charge in [-0.05, 0) is 60.0 Å². The van der Waals surface area contributed by atoms with Gasteiger partial charge in [0.2, 0.25) is 0 Å². The molecule has 0 aromatic heterocycles. The summed E-state index contributed by atoms with van der Waals surface area (Å²) in [5.41, 5.74) is 2.09. The molecule has 0 radical (unpaired) electrons. The Labute approximate surface area is 218 Å². The fourth-order valence-electron chi connectivity index (χ4n) is 4.61. The van der Waals surface area contributed by atoms with Crippen LogP contribution in [0.3, 0.4) is 0 Å². The van der Waals surface area contributed by atoms with Crippen LogP contribution in [-0.2, 0) is 23.8 Å². The van der Waals surface area contributed by atoms with Gasteiger partial charge in [-0.25, -0.2) is 0 Å². The van der Waals surface area contributed by atoms with Gasteiger partial charge in [0.1, 0.15) is 0 Å². The smallest absolute Gasteiger partial charge is 0.416 e. The zero-order valence-electron chi connectivity index (χ0n) is 20.0. The minimum absolute atomic E-state index is 0.194. The molecule has 1 N–H and O–H groups in total. The molecular formula is C28H26ClF3N2O3. The van der Waals surface area contributed by atoms with Crippen molar-refractivity contribution >= 4 is 29.0 Å². The molecular weight excluding hydrogens is 505 g/mol. The van der Waals surface area contributed by atoms with Crippen molar-refractivity contribution in [3.8, 4) is 0 Å². The third-order valence-electron chi connectivity index (χ3n) is 6.55. The van der Waals surface area contributed by atoms with E-state index in [0.29, 0.717) is 72.1 Å². The number of benzene rings is 3. The molecule has 5 nitrogen and oxygen atoms in total. The van der Waals surface area contributed by atoms with Crippen LogP contribution in [0.25, 0.3) is 0 Å². The molecule has 0 bridgehead atoms. The second kappa shape index (κ2) is 11.4. The van der Waals surface area contributed by atoms with Crippen LogP contribution in [0, 0.1) is 0 Å². The minimum atomic E-state index is -4.39. The Bertz CT molecular complexity index is 1270. The number of ketones is 1. The summed E-state index contributed by atoms with van der Waals surface area (Å²) >= 11 is 5.95. The SMILES string of the molecule is O=C(O)Cc1cccc(C(=O)c2ccc(Cl)cc2)c1CCN1CCN(c2cccc(C(F)(F)F)c2)CC1. The van der Waals surface area contributed by atoms with Gasteiger partial charge in [0.25, 0.3) is 0 Å². The van der Waals surface area contributed by atoms with Gasteiger partial charge >= 0.3 is 12.1 Å². The molecule has 0 spiro atoms. The highest BCUT2D eigenvalue weighted by Crippen LogP contribution is 2.32. The lowest BCUT2D eigenvalue weighted by Gasteiger charge is -2.36. The Hall–Kier alpha value is -3.36. The van der Waals surface area contributed by atoms with Gasteiger partial charge in [0, 0.05) is 54.6 Å². The van der Waals surface area contributed by atoms with E-state index in [1.807, 2.05) is 4.90 Å². The minimum Gasteiger partial charge on any atom is -0.481 e. The molecule has 0 unspecified atom stereocenters. The first-order valence-electron chi connectivity index (χ1n) is 11.9. The predicted molar refractivity (Wildman–Crippen MR) is 136 cm³/mol. The molecule has 1 heterocycles. The third kappa shape index (κ3) is 6.70. The van der Waals surface area contributed by atoms with Crippen molar-refractivity contribution in [3.63, 3.8) is 0 Å². The van der Waals surface area contributed by atoms with Crippen molar-refractivity contribution in [2.24, 2.45) is 0 Å². The maximum Gasteiger partial charge on any atom is 0.416 e. The molecule has 0 atom stereocenters. The highest BCUT2D eigenvalue weighted by Gasteiger charge is 2.31. The fourth-order valence-corrected chi connectivity index (χ4v) is 4.73. The maximum atomic E-state index is 13.3. The summed E-state index contributed by atoms with van der Waals surface area (Å²) in [6, 6.07) is 17.0. The molecule has 1 saturated heterocycles. The summed E-state index contributed by atoms with van der Waals surface area (Å²) in [5.74, 6) is -1.18. The van der Waals surface area contributed by atoms with Crippen molar-refractivity contribution in [2.45, 2.75) is 19.0 Å². The molecule has 1 aliphatic heterocycles. The maximum absolute atomic E-state index is 13.3. The molecule has 4 rings (SSSR count). The first-order valence-corrected chi connectivity index (χ1v) is 12.3.